The van der Waals surface area contributed by atoms with Gasteiger partial charge in [0.2, 0.25) is 0 Å². The molecule has 3 N–H and O–H groups in total. The van der Waals surface area contributed by atoms with E-state index in [0.29, 0.717) is 6.10 Å². The minimum atomic E-state index is -0.0461. The normalized spacial score (nSPS) is 15.9. The van der Waals surface area contributed by atoms with Crippen molar-refractivity contribution in [2.24, 2.45) is 5.84 Å². The number of hydrogen-bond acceptors (Lipinski definition) is 3. The van der Waals surface area contributed by atoms with Crippen LogP contribution in [-0.4, -0.2) is 6.10 Å². The van der Waals surface area contributed by atoms with Crippen molar-refractivity contribution in [1.29, 1.82) is 0 Å². The summed E-state index contributed by atoms with van der Waals surface area (Å²) in [6, 6.07) is 16.2. The molecule has 104 valence electrons. The molecule has 0 heterocycles. The summed E-state index contributed by atoms with van der Waals surface area (Å²) in [6.45, 7) is 0. The lowest BCUT2D eigenvalue weighted by Crippen LogP contribution is -2.28. The van der Waals surface area contributed by atoms with Crippen LogP contribution < -0.4 is 16.0 Å². The Hall–Kier alpha value is -1.36. The number of nitrogens with one attached hydrogen (secondary N) is 1. The maximum absolute atomic E-state index is 5.84. The molecule has 3 nitrogen and oxygen atoms in total. The molecule has 1 saturated carbocycles. The molecule has 0 aromatic heterocycles. The van der Waals surface area contributed by atoms with E-state index in [1.807, 2.05) is 24.3 Å². The summed E-state index contributed by atoms with van der Waals surface area (Å²) in [5.41, 5.74) is 5.10. The lowest BCUT2D eigenvalue weighted by atomic mass is 9.99. The molecule has 1 fully saturated rings. The molecular weight excluding hydrogens is 316 g/mol. The molecule has 0 saturated heterocycles. The van der Waals surface area contributed by atoms with Gasteiger partial charge in [-0.1, -0.05) is 40.2 Å². The SMILES string of the molecule is NNC(c1cccc(Br)c1)c1cccc(OC2CC2)c1. The van der Waals surface area contributed by atoms with Gasteiger partial charge in [-0.05, 0) is 48.2 Å². The molecule has 20 heavy (non-hydrogen) atoms. The van der Waals surface area contributed by atoms with Gasteiger partial charge in [-0.25, -0.2) is 5.43 Å². The van der Waals surface area contributed by atoms with E-state index in [2.05, 4.69) is 45.6 Å². The monoisotopic (exact) mass is 332 g/mol. The quantitative estimate of drug-likeness (QED) is 0.650. The van der Waals surface area contributed by atoms with Crippen LogP contribution in [0.1, 0.15) is 30.0 Å². The Morgan fingerprint density at radius 1 is 1.10 bits per heavy atom. The molecule has 1 unspecified atom stereocenters. The van der Waals surface area contributed by atoms with E-state index in [4.69, 9.17) is 10.6 Å². The second-order valence-corrected chi connectivity index (χ2v) is 5.96. The lowest BCUT2D eigenvalue weighted by Gasteiger charge is -2.18. The van der Waals surface area contributed by atoms with Gasteiger partial charge in [0.05, 0.1) is 12.1 Å². The van der Waals surface area contributed by atoms with Gasteiger partial charge in [0.15, 0.2) is 0 Å². The number of hydrazine groups is 1. The summed E-state index contributed by atoms with van der Waals surface area (Å²) in [6.07, 6.45) is 2.73. The predicted molar refractivity (Wildman–Crippen MR) is 83.4 cm³/mol. The van der Waals surface area contributed by atoms with Crippen molar-refractivity contribution in [1.82, 2.24) is 5.43 Å². The summed E-state index contributed by atoms with van der Waals surface area (Å²) >= 11 is 3.49. The first-order valence-electron chi connectivity index (χ1n) is 6.74. The average molecular weight is 333 g/mol. The minimum absolute atomic E-state index is 0.0461. The summed E-state index contributed by atoms with van der Waals surface area (Å²) in [4.78, 5) is 0. The van der Waals surface area contributed by atoms with Gasteiger partial charge in [-0.2, -0.15) is 0 Å². The van der Waals surface area contributed by atoms with E-state index >= 15 is 0 Å². The third-order valence-electron chi connectivity index (χ3n) is 3.37. The van der Waals surface area contributed by atoms with Gasteiger partial charge >= 0.3 is 0 Å². The average Bonchev–Trinajstić information content (AvgIpc) is 3.24. The third kappa shape index (κ3) is 3.20. The van der Waals surface area contributed by atoms with E-state index in [1.54, 1.807) is 0 Å². The van der Waals surface area contributed by atoms with Gasteiger partial charge < -0.3 is 4.74 Å². The van der Waals surface area contributed by atoms with E-state index < -0.39 is 0 Å². The van der Waals surface area contributed by atoms with Crippen LogP contribution in [0.4, 0.5) is 0 Å². The maximum Gasteiger partial charge on any atom is 0.120 e. The Labute approximate surface area is 127 Å². The van der Waals surface area contributed by atoms with Crippen LogP contribution in [0.3, 0.4) is 0 Å². The highest BCUT2D eigenvalue weighted by Gasteiger charge is 2.23. The molecule has 0 bridgehead atoms. The molecular formula is C16H17BrN2O. The van der Waals surface area contributed by atoms with Crippen molar-refractivity contribution >= 4 is 15.9 Å². The Morgan fingerprint density at radius 3 is 2.45 bits per heavy atom. The van der Waals surface area contributed by atoms with Crippen LogP contribution in [0.25, 0.3) is 0 Å². The first kappa shape index (κ1) is 13.6. The first-order chi connectivity index (χ1) is 9.76. The zero-order valence-electron chi connectivity index (χ0n) is 11.1. The smallest absolute Gasteiger partial charge is 0.120 e. The molecule has 1 aliphatic rings. The molecule has 3 rings (SSSR count). The largest absolute Gasteiger partial charge is 0.490 e. The van der Waals surface area contributed by atoms with Crippen LogP contribution in [0.15, 0.2) is 53.0 Å². The fourth-order valence-electron chi connectivity index (χ4n) is 2.22. The fourth-order valence-corrected chi connectivity index (χ4v) is 2.63. The summed E-state index contributed by atoms with van der Waals surface area (Å²) < 4.78 is 6.88. The van der Waals surface area contributed by atoms with Crippen molar-refractivity contribution in [2.45, 2.75) is 25.0 Å². The number of ether oxygens (including phenoxy) is 1. The number of benzene rings is 2. The van der Waals surface area contributed by atoms with Crippen molar-refractivity contribution in [3.63, 3.8) is 0 Å². The topological polar surface area (TPSA) is 47.3 Å². The van der Waals surface area contributed by atoms with Gasteiger partial charge in [0.25, 0.3) is 0 Å². The van der Waals surface area contributed by atoms with E-state index in [0.717, 1.165) is 34.2 Å². The Morgan fingerprint density at radius 2 is 1.80 bits per heavy atom. The van der Waals surface area contributed by atoms with E-state index in [9.17, 15) is 0 Å². The number of rotatable bonds is 5. The summed E-state index contributed by atoms with van der Waals surface area (Å²) in [5.74, 6) is 6.66. The second-order valence-electron chi connectivity index (χ2n) is 5.04. The Bertz CT molecular complexity index is 599. The molecule has 0 amide bonds. The van der Waals surface area contributed by atoms with Crippen molar-refractivity contribution in [2.75, 3.05) is 0 Å². The molecule has 2 aromatic rings. The summed E-state index contributed by atoms with van der Waals surface area (Å²) in [5, 5.41) is 0. The maximum atomic E-state index is 5.84. The van der Waals surface area contributed by atoms with Crippen LogP contribution in [0, 0.1) is 0 Å². The predicted octanol–water partition coefficient (Wildman–Crippen LogP) is 3.54. The molecule has 0 radical (unpaired) electrons. The van der Waals surface area contributed by atoms with Gasteiger partial charge in [0.1, 0.15) is 5.75 Å². The first-order valence-corrected chi connectivity index (χ1v) is 7.54. The number of hydrogen-bond donors (Lipinski definition) is 2. The van der Waals surface area contributed by atoms with Crippen molar-refractivity contribution in [3.05, 3.63) is 64.1 Å². The van der Waals surface area contributed by atoms with Crippen molar-refractivity contribution in [3.8, 4) is 5.75 Å². The molecule has 1 atom stereocenters. The Kier molecular flexibility index (Phi) is 4.05. The van der Waals surface area contributed by atoms with Gasteiger partial charge in [0, 0.05) is 4.47 Å². The second kappa shape index (κ2) is 5.95. The lowest BCUT2D eigenvalue weighted by molar-refractivity contribution is 0.302. The van der Waals surface area contributed by atoms with Gasteiger partial charge in [-0.3, -0.25) is 5.84 Å². The highest BCUT2D eigenvalue weighted by Crippen LogP contribution is 2.30. The van der Waals surface area contributed by atoms with Crippen LogP contribution in [0.2, 0.25) is 0 Å². The van der Waals surface area contributed by atoms with Gasteiger partial charge in [-0.15, -0.1) is 0 Å². The van der Waals surface area contributed by atoms with Crippen LogP contribution in [0.5, 0.6) is 5.75 Å². The van der Waals surface area contributed by atoms with Crippen molar-refractivity contribution < 1.29 is 4.74 Å². The highest BCUT2D eigenvalue weighted by molar-refractivity contribution is 9.10. The molecule has 2 aromatic carbocycles. The summed E-state index contributed by atoms with van der Waals surface area (Å²) in [7, 11) is 0. The zero-order chi connectivity index (χ0) is 13.9. The van der Waals surface area contributed by atoms with E-state index in [1.165, 1.54) is 0 Å². The molecule has 0 aliphatic heterocycles. The standard InChI is InChI=1S/C16H17BrN2O/c17-13-5-1-3-11(9-13)16(19-18)12-4-2-6-15(10-12)20-14-7-8-14/h1-6,9-10,14,16,19H,7-8,18H2. The highest BCUT2D eigenvalue weighted by atomic mass is 79.9. The molecule has 4 heteroatoms. The number of halogens is 1. The van der Waals surface area contributed by atoms with Crippen LogP contribution >= 0.6 is 15.9 Å². The zero-order valence-corrected chi connectivity index (χ0v) is 12.6. The Balaban J connectivity index is 1.88. The minimum Gasteiger partial charge on any atom is -0.490 e. The van der Waals surface area contributed by atoms with Crippen LogP contribution in [-0.2, 0) is 0 Å². The fraction of sp³-hybridized carbons (Fsp3) is 0.250. The molecule has 1 aliphatic carbocycles. The number of nitrogens with two attached hydrogens (primary N) is 1. The third-order valence-corrected chi connectivity index (χ3v) is 3.86. The van der Waals surface area contributed by atoms with E-state index in [-0.39, 0.29) is 6.04 Å². The molecule has 0 spiro atoms.